The molecule has 20 heavy (non-hydrogen) atoms. The minimum atomic E-state index is -3.30. The number of carbonyl (C=O) groups excluding carboxylic acids is 2. The first-order valence-electron chi connectivity index (χ1n) is 6.76. The van der Waals surface area contributed by atoms with E-state index in [4.69, 9.17) is 0 Å². The van der Waals surface area contributed by atoms with Crippen LogP contribution in [0.2, 0.25) is 0 Å². The van der Waals surface area contributed by atoms with E-state index in [9.17, 15) is 18.0 Å². The Morgan fingerprint density at radius 3 is 2.30 bits per heavy atom. The molecule has 0 bridgehead atoms. The van der Waals surface area contributed by atoms with E-state index < -0.39 is 20.6 Å². The number of piperazine rings is 1. The van der Waals surface area contributed by atoms with E-state index in [1.54, 1.807) is 20.8 Å². The van der Waals surface area contributed by atoms with Gasteiger partial charge in [-0.05, 0) is 26.7 Å². The van der Waals surface area contributed by atoms with Gasteiger partial charge in [0.25, 0.3) is 0 Å². The molecule has 1 aliphatic heterocycles. The molecule has 1 aliphatic rings. The van der Waals surface area contributed by atoms with Crippen LogP contribution in [0.3, 0.4) is 0 Å². The molecule has 1 unspecified atom stereocenters. The monoisotopic (exact) mass is 304 g/mol. The summed E-state index contributed by atoms with van der Waals surface area (Å²) >= 11 is 0. The van der Waals surface area contributed by atoms with Crippen molar-refractivity contribution in [2.75, 3.05) is 18.8 Å². The van der Waals surface area contributed by atoms with E-state index in [0.29, 0.717) is 0 Å². The third-order valence-corrected chi connectivity index (χ3v) is 6.04. The number of carbonyl (C=O) groups is 2. The van der Waals surface area contributed by atoms with Crippen molar-refractivity contribution in [2.45, 2.75) is 45.4 Å². The van der Waals surface area contributed by atoms with E-state index in [1.807, 2.05) is 13.8 Å². The molecular formula is C13H24N2O4S. The van der Waals surface area contributed by atoms with Gasteiger partial charge in [-0.15, -0.1) is 0 Å². The topological polar surface area (TPSA) is 83.6 Å². The molecule has 1 fully saturated rings. The highest BCUT2D eigenvalue weighted by Gasteiger charge is 2.36. The summed E-state index contributed by atoms with van der Waals surface area (Å²) in [5.41, 5.74) is 0. The second-order valence-electron chi connectivity index (χ2n) is 6.48. The molecule has 1 heterocycles. The minimum absolute atomic E-state index is 0.0199. The van der Waals surface area contributed by atoms with E-state index in [1.165, 1.54) is 4.90 Å². The smallest absolute Gasteiger partial charge is 0.245 e. The van der Waals surface area contributed by atoms with E-state index >= 15 is 0 Å². The van der Waals surface area contributed by atoms with Crippen molar-refractivity contribution in [1.82, 2.24) is 10.2 Å². The predicted molar refractivity (Wildman–Crippen MR) is 76.9 cm³/mol. The van der Waals surface area contributed by atoms with Crippen molar-refractivity contribution in [1.29, 1.82) is 0 Å². The van der Waals surface area contributed by atoms with Crippen molar-refractivity contribution >= 4 is 21.7 Å². The second-order valence-corrected chi connectivity index (χ2v) is 9.34. The molecule has 1 saturated heterocycles. The third-order valence-electron chi connectivity index (χ3n) is 3.46. The molecular weight excluding hydrogens is 280 g/mol. The maximum Gasteiger partial charge on any atom is 0.245 e. The molecule has 2 amide bonds. The number of hydrogen-bond acceptors (Lipinski definition) is 4. The second kappa shape index (κ2) is 5.71. The lowest BCUT2D eigenvalue weighted by molar-refractivity contribution is -0.145. The average molecular weight is 304 g/mol. The Morgan fingerprint density at radius 2 is 1.85 bits per heavy atom. The fourth-order valence-electron chi connectivity index (χ4n) is 1.91. The van der Waals surface area contributed by atoms with Crippen LogP contribution in [0.15, 0.2) is 0 Å². The van der Waals surface area contributed by atoms with Crippen LogP contribution in [0.5, 0.6) is 0 Å². The van der Waals surface area contributed by atoms with Gasteiger partial charge in [0, 0.05) is 6.54 Å². The summed E-state index contributed by atoms with van der Waals surface area (Å²) in [5.74, 6) is -0.589. The Hall–Kier alpha value is -1.11. The SMILES string of the molecule is CC(C)C1NC(=O)CN(CCS(=O)(=O)C(C)(C)C)C1=O. The van der Waals surface area contributed by atoms with Gasteiger partial charge in [-0.25, -0.2) is 8.42 Å². The predicted octanol–water partition coefficient (Wildman–Crippen LogP) is 0.183. The van der Waals surface area contributed by atoms with Crippen LogP contribution in [-0.2, 0) is 19.4 Å². The van der Waals surface area contributed by atoms with Crippen molar-refractivity contribution in [3.63, 3.8) is 0 Å². The van der Waals surface area contributed by atoms with Crippen LogP contribution in [-0.4, -0.2) is 54.8 Å². The molecule has 1 atom stereocenters. The molecule has 116 valence electrons. The molecule has 0 aliphatic carbocycles. The molecule has 1 rings (SSSR count). The number of hydrogen-bond donors (Lipinski definition) is 1. The highest BCUT2D eigenvalue weighted by Crippen LogP contribution is 2.17. The fourth-order valence-corrected chi connectivity index (χ4v) is 2.98. The van der Waals surface area contributed by atoms with Gasteiger partial charge in [-0.2, -0.15) is 0 Å². The lowest BCUT2D eigenvalue weighted by Gasteiger charge is -2.34. The molecule has 0 aromatic rings. The Morgan fingerprint density at radius 1 is 1.30 bits per heavy atom. The number of rotatable bonds is 4. The van der Waals surface area contributed by atoms with Crippen LogP contribution in [0.1, 0.15) is 34.6 Å². The first kappa shape index (κ1) is 16.9. The van der Waals surface area contributed by atoms with Crippen LogP contribution in [0.4, 0.5) is 0 Å². The third kappa shape index (κ3) is 3.71. The summed E-state index contributed by atoms with van der Waals surface area (Å²) < 4.78 is 23.3. The molecule has 1 N–H and O–H groups in total. The quantitative estimate of drug-likeness (QED) is 0.803. The van der Waals surface area contributed by atoms with Gasteiger partial charge < -0.3 is 10.2 Å². The highest BCUT2D eigenvalue weighted by molar-refractivity contribution is 7.92. The largest absolute Gasteiger partial charge is 0.343 e. The number of nitrogens with zero attached hydrogens (tertiary/aromatic N) is 1. The fraction of sp³-hybridized carbons (Fsp3) is 0.846. The zero-order valence-electron chi connectivity index (χ0n) is 12.8. The Balaban J connectivity index is 2.77. The maximum atomic E-state index is 12.2. The van der Waals surface area contributed by atoms with Crippen molar-refractivity contribution in [2.24, 2.45) is 5.92 Å². The van der Waals surface area contributed by atoms with Crippen molar-refractivity contribution < 1.29 is 18.0 Å². The minimum Gasteiger partial charge on any atom is -0.343 e. The first-order valence-corrected chi connectivity index (χ1v) is 8.41. The molecule has 0 spiro atoms. The molecule has 0 aromatic carbocycles. The summed E-state index contributed by atoms with van der Waals surface area (Å²) in [4.78, 5) is 25.1. The molecule has 6 nitrogen and oxygen atoms in total. The summed E-state index contributed by atoms with van der Waals surface area (Å²) in [5, 5.41) is 2.64. The molecule has 7 heteroatoms. The van der Waals surface area contributed by atoms with Crippen LogP contribution in [0.25, 0.3) is 0 Å². The summed E-state index contributed by atoms with van der Waals surface area (Å²) in [6.45, 7) is 8.57. The number of nitrogens with one attached hydrogen (secondary N) is 1. The summed E-state index contributed by atoms with van der Waals surface area (Å²) in [6.07, 6.45) is 0. The van der Waals surface area contributed by atoms with E-state index in [2.05, 4.69) is 5.32 Å². The Bertz CT molecular complexity index is 491. The van der Waals surface area contributed by atoms with Gasteiger partial charge in [-0.3, -0.25) is 9.59 Å². The molecule has 0 radical (unpaired) electrons. The highest BCUT2D eigenvalue weighted by atomic mass is 32.2. The Labute approximate surface area is 120 Å². The number of sulfone groups is 1. The standard InChI is InChI=1S/C13H24N2O4S/c1-9(2)11-12(17)15(8-10(16)14-11)6-7-20(18,19)13(3,4)5/h9,11H,6-8H2,1-5H3,(H,14,16). The van der Waals surface area contributed by atoms with Gasteiger partial charge in [-0.1, -0.05) is 13.8 Å². The van der Waals surface area contributed by atoms with Crippen molar-refractivity contribution in [3.05, 3.63) is 0 Å². The van der Waals surface area contributed by atoms with Gasteiger partial charge >= 0.3 is 0 Å². The zero-order valence-corrected chi connectivity index (χ0v) is 13.6. The van der Waals surface area contributed by atoms with Crippen molar-refractivity contribution in [3.8, 4) is 0 Å². The summed E-state index contributed by atoms with van der Waals surface area (Å²) in [6, 6.07) is -0.561. The van der Waals surface area contributed by atoms with Gasteiger partial charge in [0.05, 0.1) is 17.0 Å². The van der Waals surface area contributed by atoms with Gasteiger partial charge in [0.1, 0.15) is 6.04 Å². The molecule has 0 saturated carbocycles. The summed E-state index contributed by atoms with van der Waals surface area (Å²) in [7, 11) is -3.30. The number of amides is 2. The van der Waals surface area contributed by atoms with Crippen LogP contribution in [0, 0.1) is 5.92 Å². The maximum absolute atomic E-state index is 12.2. The van der Waals surface area contributed by atoms with Crippen LogP contribution < -0.4 is 5.32 Å². The normalized spacial score (nSPS) is 21.3. The lowest BCUT2D eigenvalue weighted by atomic mass is 10.0. The zero-order chi connectivity index (χ0) is 15.7. The van der Waals surface area contributed by atoms with E-state index in [0.717, 1.165) is 0 Å². The first-order chi connectivity index (χ1) is 8.95. The van der Waals surface area contributed by atoms with Gasteiger partial charge in [0.15, 0.2) is 9.84 Å². The molecule has 0 aromatic heterocycles. The lowest BCUT2D eigenvalue weighted by Crippen LogP contribution is -2.60. The Kier molecular flexibility index (Phi) is 4.84. The average Bonchev–Trinajstić information content (AvgIpc) is 2.28. The van der Waals surface area contributed by atoms with Crippen LogP contribution >= 0.6 is 0 Å². The van der Waals surface area contributed by atoms with E-state index in [-0.39, 0.29) is 36.6 Å². The van der Waals surface area contributed by atoms with Gasteiger partial charge in [0.2, 0.25) is 11.8 Å².